The molecule has 3 rings (SSSR count). The number of hydrogen-bond donors (Lipinski definition) is 1. The molecule has 0 atom stereocenters. The number of hydrogen-bond acceptors (Lipinski definition) is 5. The van der Waals surface area contributed by atoms with E-state index in [-0.39, 0.29) is 17.2 Å². The summed E-state index contributed by atoms with van der Waals surface area (Å²) in [7, 11) is -3.53. The molecule has 0 amide bonds. The quantitative estimate of drug-likeness (QED) is 0.539. The minimum atomic E-state index is -3.53. The topological polar surface area (TPSA) is 66.5 Å². The molecule has 0 unspecified atom stereocenters. The van der Waals surface area contributed by atoms with Gasteiger partial charge >= 0.3 is 0 Å². The third-order valence-electron chi connectivity index (χ3n) is 4.77. The van der Waals surface area contributed by atoms with Crippen LogP contribution in [-0.4, -0.2) is 44.7 Å². The van der Waals surface area contributed by atoms with E-state index in [2.05, 4.69) is 11.4 Å². The third kappa shape index (κ3) is 5.48. The Morgan fingerprint density at radius 1 is 1.07 bits per heavy atom. The van der Waals surface area contributed by atoms with Crippen LogP contribution in [0.25, 0.3) is 0 Å². The van der Waals surface area contributed by atoms with Crippen LogP contribution in [-0.2, 0) is 16.4 Å². The van der Waals surface area contributed by atoms with Crippen molar-refractivity contribution in [1.82, 2.24) is 9.62 Å². The Morgan fingerprint density at radius 2 is 1.85 bits per heavy atom. The van der Waals surface area contributed by atoms with E-state index in [1.54, 1.807) is 33.8 Å². The first-order valence-electron chi connectivity index (χ1n) is 9.44. The number of carbonyl (C=O) groups excluding carboxylic acids is 1. The fourth-order valence-corrected chi connectivity index (χ4v) is 5.50. The van der Waals surface area contributed by atoms with E-state index in [9.17, 15) is 13.2 Å². The van der Waals surface area contributed by atoms with Gasteiger partial charge in [0.05, 0.1) is 11.4 Å². The Bertz CT molecular complexity index is 840. The Hall–Kier alpha value is -1.54. The average Bonchev–Trinajstić information content (AvgIpc) is 3.04. The summed E-state index contributed by atoms with van der Waals surface area (Å²) in [4.78, 5) is 13.9. The fourth-order valence-electron chi connectivity index (χ4n) is 3.23. The summed E-state index contributed by atoms with van der Waals surface area (Å²) in [5.41, 5.74) is 0.439. The van der Waals surface area contributed by atoms with Crippen LogP contribution in [0.1, 0.15) is 40.9 Å². The number of Topliss-reactive ketones (excluding diaryl/α,β-unsaturated/α-hetero) is 1. The van der Waals surface area contributed by atoms with Crippen LogP contribution in [0, 0.1) is 0 Å². The van der Waals surface area contributed by atoms with Crippen LogP contribution in [0.5, 0.6) is 0 Å². The second-order valence-electron chi connectivity index (χ2n) is 6.78. The first kappa shape index (κ1) is 20.2. The first-order valence-corrected chi connectivity index (χ1v) is 11.8. The van der Waals surface area contributed by atoms with Gasteiger partial charge in [-0.05, 0) is 42.8 Å². The van der Waals surface area contributed by atoms with Gasteiger partial charge < -0.3 is 5.32 Å². The maximum atomic E-state index is 12.9. The van der Waals surface area contributed by atoms with E-state index in [0.717, 1.165) is 38.6 Å². The molecule has 0 aliphatic carbocycles. The summed E-state index contributed by atoms with van der Waals surface area (Å²) < 4.78 is 27.4. The maximum Gasteiger partial charge on any atom is 0.243 e. The number of carbonyl (C=O) groups is 1. The molecule has 7 heteroatoms. The number of benzene rings is 1. The molecule has 2 aromatic rings. The van der Waals surface area contributed by atoms with Crippen molar-refractivity contribution in [2.45, 2.75) is 37.0 Å². The number of nitrogens with one attached hydrogen (secondary N) is 1. The molecule has 1 aromatic carbocycles. The van der Waals surface area contributed by atoms with Crippen molar-refractivity contribution in [3.8, 4) is 0 Å². The lowest BCUT2D eigenvalue weighted by molar-refractivity contribution is 0.0991. The van der Waals surface area contributed by atoms with Crippen molar-refractivity contribution in [1.29, 1.82) is 0 Å². The lowest BCUT2D eigenvalue weighted by Crippen LogP contribution is -2.32. The van der Waals surface area contributed by atoms with E-state index >= 15 is 0 Å². The van der Waals surface area contributed by atoms with Gasteiger partial charge in [0, 0.05) is 30.1 Å². The summed E-state index contributed by atoms with van der Waals surface area (Å²) in [5, 5.41) is 5.19. The van der Waals surface area contributed by atoms with Gasteiger partial charge in [-0.2, -0.15) is 4.31 Å². The van der Waals surface area contributed by atoms with E-state index in [4.69, 9.17) is 0 Å². The largest absolute Gasteiger partial charge is 0.309 e. The summed E-state index contributed by atoms with van der Waals surface area (Å²) in [5.74, 6) is -0.0888. The second-order valence-corrected chi connectivity index (χ2v) is 9.75. The average molecular weight is 407 g/mol. The van der Waals surface area contributed by atoms with Gasteiger partial charge in [-0.1, -0.05) is 31.0 Å². The van der Waals surface area contributed by atoms with Crippen LogP contribution in [0.2, 0.25) is 0 Å². The molecule has 0 spiro atoms. The van der Waals surface area contributed by atoms with Crippen molar-refractivity contribution in [2.24, 2.45) is 0 Å². The third-order valence-corrected chi connectivity index (χ3v) is 7.60. The van der Waals surface area contributed by atoms with Gasteiger partial charge in [0.2, 0.25) is 10.0 Å². The molecular formula is C20H26N2O3S2. The van der Waals surface area contributed by atoms with Crippen LogP contribution >= 0.6 is 11.3 Å². The fraction of sp³-hybridized carbons (Fsp3) is 0.450. The second kappa shape index (κ2) is 9.59. The maximum absolute atomic E-state index is 12.9. The molecule has 2 heterocycles. The van der Waals surface area contributed by atoms with E-state index < -0.39 is 10.0 Å². The summed E-state index contributed by atoms with van der Waals surface area (Å²) in [6, 6.07) is 10.5. The lowest BCUT2D eigenvalue weighted by Gasteiger charge is -2.20. The molecule has 0 bridgehead atoms. The number of nitrogens with zero attached hydrogens (tertiary/aromatic N) is 1. The van der Waals surface area contributed by atoms with Crippen LogP contribution < -0.4 is 5.32 Å². The molecule has 1 aliphatic rings. The zero-order valence-electron chi connectivity index (χ0n) is 15.4. The molecule has 1 aliphatic heterocycles. The number of rotatable bonds is 8. The monoisotopic (exact) mass is 406 g/mol. The molecule has 146 valence electrons. The predicted molar refractivity (Wildman–Crippen MR) is 109 cm³/mol. The van der Waals surface area contributed by atoms with Gasteiger partial charge in [-0.25, -0.2) is 8.42 Å². The summed E-state index contributed by atoms with van der Waals surface area (Å²) in [6.45, 7) is 2.05. The van der Waals surface area contributed by atoms with Gasteiger partial charge in [0.15, 0.2) is 5.78 Å². The molecule has 1 N–H and O–H groups in total. The smallest absolute Gasteiger partial charge is 0.243 e. The predicted octanol–water partition coefficient (Wildman–Crippen LogP) is 3.33. The summed E-state index contributed by atoms with van der Waals surface area (Å²) in [6.07, 6.45) is 4.82. The molecule has 0 radical (unpaired) electrons. The van der Waals surface area contributed by atoms with Crippen molar-refractivity contribution >= 4 is 27.1 Å². The Kier molecular flexibility index (Phi) is 7.18. The Balaban J connectivity index is 1.61. The Labute approximate surface area is 165 Å². The molecular weight excluding hydrogens is 380 g/mol. The molecule has 1 fully saturated rings. The van der Waals surface area contributed by atoms with Crippen LogP contribution in [0.3, 0.4) is 0 Å². The highest BCUT2D eigenvalue weighted by Crippen LogP contribution is 2.21. The van der Waals surface area contributed by atoms with E-state index in [0.29, 0.717) is 18.7 Å². The zero-order chi connectivity index (χ0) is 19.1. The highest BCUT2D eigenvalue weighted by molar-refractivity contribution is 7.89. The molecule has 5 nitrogen and oxygen atoms in total. The molecule has 1 saturated heterocycles. The van der Waals surface area contributed by atoms with Gasteiger partial charge in [0.25, 0.3) is 0 Å². The molecule has 0 saturated carbocycles. The highest BCUT2D eigenvalue weighted by atomic mass is 32.2. The van der Waals surface area contributed by atoms with Crippen molar-refractivity contribution in [3.63, 3.8) is 0 Å². The normalized spacial score (nSPS) is 16.1. The van der Waals surface area contributed by atoms with Crippen molar-refractivity contribution in [2.75, 3.05) is 26.2 Å². The number of thiophene rings is 1. The van der Waals surface area contributed by atoms with Crippen LogP contribution in [0.15, 0.2) is 46.7 Å². The number of sulfonamides is 1. The lowest BCUT2D eigenvalue weighted by atomic mass is 10.1. The van der Waals surface area contributed by atoms with Gasteiger partial charge in [0.1, 0.15) is 0 Å². The van der Waals surface area contributed by atoms with Crippen molar-refractivity contribution in [3.05, 3.63) is 52.2 Å². The van der Waals surface area contributed by atoms with Crippen molar-refractivity contribution < 1.29 is 13.2 Å². The first-order chi connectivity index (χ1) is 13.1. The summed E-state index contributed by atoms with van der Waals surface area (Å²) >= 11 is 1.70. The minimum absolute atomic E-state index is 0.0888. The zero-order valence-corrected chi connectivity index (χ0v) is 17.0. The SMILES string of the molecule is O=C(CNCCc1cccs1)c1cccc(S(=O)(=O)N2CCCCCC2)c1. The van der Waals surface area contributed by atoms with E-state index in [1.165, 1.54) is 10.9 Å². The molecule has 27 heavy (non-hydrogen) atoms. The van der Waals surface area contributed by atoms with Crippen LogP contribution in [0.4, 0.5) is 0 Å². The highest BCUT2D eigenvalue weighted by Gasteiger charge is 2.25. The molecule has 1 aromatic heterocycles. The Morgan fingerprint density at radius 3 is 2.56 bits per heavy atom. The minimum Gasteiger partial charge on any atom is -0.309 e. The van der Waals surface area contributed by atoms with Gasteiger partial charge in [-0.3, -0.25) is 4.79 Å². The van der Waals surface area contributed by atoms with E-state index in [1.807, 2.05) is 11.4 Å². The van der Waals surface area contributed by atoms with Gasteiger partial charge in [-0.15, -0.1) is 11.3 Å². The standard InChI is InChI=1S/C20H26N2O3S2/c23-20(16-21-11-10-18-8-6-14-26-18)17-7-5-9-19(15-17)27(24,25)22-12-3-1-2-4-13-22/h5-9,14-15,21H,1-4,10-13,16H2. The number of ketones is 1.